The van der Waals surface area contributed by atoms with Gasteiger partial charge in [0.05, 0.1) is 13.2 Å². The molecule has 1 aromatic carbocycles. The van der Waals surface area contributed by atoms with Crippen LogP contribution in [0.2, 0.25) is 0 Å². The molecule has 96 valence electrons. The van der Waals surface area contributed by atoms with Crippen molar-refractivity contribution in [2.24, 2.45) is 0 Å². The van der Waals surface area contributed by atoms with E-state index in [2.05, 4.69) is 4.90 Å². The van der Waals surface area contributed by atoms with E-state index >= 15 is 0 Å². The summed E-state index contributed by atoms with van der Waals surface area (Å²) in [6.45, 7) is 3.22. The smallest absolute Gasteiger partial charge is 0.148 e. The summed E-state index contributed by atoms with van der Waals surface area (Å²) in [5, 5.41) is 9.37. The second kappa shape index (κ2) is 3.45. The molecule has 0 radical (unpaired) electrons. The summed E-state index contributed by atoms with van der Waals surface area (Å²) in [6, 6.07) is 7.12. The summed E-state index contributed by atoms with van der Waals surface area (Å²) in [7, 11) is 0. The summed E-state index contributed by atoms with van der Waals surface area (Å²) in [5.41, 5.74) is 0.511. The summed E-state index contributed by atoms with van der Waals surface area (Å²) >= 11 is 0. The number of rotatable bonds is 1. The molecule has 0 amide bonds. The van der Waals surface area contributed by atoms with Crippen LogP contribution in [-0.2, 0) is 19.8 Å². The van der Waals surface area contributed by atoms with Gasteiger partial charge in [0.1, 0.15) is 30.0 Å². The Bertz CT molecular complexity index is 476. The Hall–Kier alpha value is -1.14. The molecule has 3 saturated heterocycles. The first-order valence-corrected chi connectivity index (χ1v) is 6.16. The quantitative estimate of drug-likeness (QED) is 0.804. The highest BCUT2D eigenvalue weighted by Gasteiger charge is 2.61. The number of phenols is 1. The monoisotopic (exact) mass is 249 g/mol. The molecule has 5 heteroatoms. The fraction of sp³-hybridized carbons (Fsp3) is 0.538. The molecule has 0 saturated carbocycles. The van der Waals surface area contributed by atoms with E-state index in [-0.39, 0.29) is 24.4 Å². The molecule has 3 aliphatic heterocycles. The average Bonchev–Trinajstić information content (AvgIpc) is 2.98. The summed E-state index contributed by atoms with van der Waals surface area (Å²) in [6.07, 6.45) is -0.111. The lowest BCUT2D eigenvalue weighted by Gasteiger charge is -2.29. The zero-order chi connectivity index (χ0) is 12.3. The lowest BCUT2D eigenvalue weighted by molar-refractivity contribution is -0.0899. The molecule has 18 heavy (non-hydrogen) atoms. The molecule has 0 aliphatic carbocycles. The number of aromatic hydroxyl groups is 1. The van der Waals surface area contributed by atoms with E-state index in [4.69, 9.17) is 14.2 Å². The second-order valence-corrected chi connectivity index (χ2v) is 5.15. The average molecular weight is 249 g/mol. The Balaban J connectivity index is 1.74. The van der Waals surface area contributed by atoms with Crippen LogP contribution in [0.3, 0.4) is 0 Å². The van der Waals surface area contributed by atoms with Crippen LogP contribution in [0.5, 0.6) is 5.75 Å². The first-order valence-electron chi connectivity index (χ1n) is 6.16. The predicted octanol–water partition coefficient (Wildman–Crippen LogP) is 0.978. The van der Waals surface area contributed by atoms with Crippen molar-refractivity contribution in [3.8, 4) is 5.75 Å². The molecule has 0 spiro atoms. The Kier molecular flexibility index (Phi) is 2.06. The number of ether oxygens (including phenoxy) is 3. The normalized spacial score (nSPS) is 42.4. The fourth-order valence-corrected chi connectivity index (χ4v) is 3.13. The van der Waals surface area contributed by atoms with Gasteiger partial charge in [0.15, 0.2) is 0 Å². The maximum atomic E-state index is 9.37. The highest BCUT2D eigenvalue weighted by Crippen LogP contribution is 2.47. The SMILES string of the molecule is C[C@]1(c2ccc(O)cc2)O[C@H]2CO[C@H]3CO[C@@H]1N32. The van der Waals surface area contributed by atoms with Crippen molar-refractivity contribution in [2.75, 3.05) is 13.2 Å². The van der Waals surface area contributed by atoms with Crippen molar-refractivity contribution >= 4 is 0 Å². The van der Waals surface area contributed by atoms with Crippen molar-refractivity contribution in [3.05, 3.63) is 29.8 Å². The third kappa shape index (κ3) is 1.25. The summed E-state index contributed by atoms with van der Waals surface area (Å²) < 4.78 is 17.5. The lowest BCUT2D eigenvalue weighted by atomic mass is 9.94. The van der Waals surface area contributed by atoms with E-state index in [9.17, 15) is 5.11 Å². The molecule has 4 atom stereocenters. The second-order valence-electron chi connectivity index (χ2n) is 5.15. The van der Waals surface area contributed by atoms with Crippen LogP contribution < -0.4 is 0 Å². The Morgan fingerprint density at radius 3 is 2.67 bits per heavy atom. The molecule has 3 aliphatic rings. The lowest BCUT2D eigenvalue weighted by Crippen LogP contribution is -2.39. The zero-order valence-electron chi connectivity index (χ0n) is 10.1. The van der Waals surface area contributed by atoms with Gasteiger partial charge in [-0.2, -0.15) is 0 Å². The first-order chi connectivity index (χ1) is 8.68. The van der Waals surface area contributed by atoms with Gasteiger partial charge in [-0.25, -0.2) is 4.90 Å². The minimum absolute atomic E-state index is 0.0266. The van der Waals surface area contributed by atoms with E-state index in [0.717, 1.165) is 5.56 Å². The van der Waals surface area contributed by atoms with Gasteiger partial charge in [-0.05, 0) is 24.6 Å². The number of hydrogen-bond donors (Lipinski definition) is 1. The van der Waals surface area contributed by atoms with Gasteiger partial charge >= 0.3 is 0 Å². The molecule has 4 rings (SSSR count). The van der Waals surface area contributed by atoms with Gasteiger partial charge in [0.2, 0.25) is 0 Å². The molecule has 0 aromatic heterocycles. The highest BCUT2D eigenvalue weighted by atomic mass is 16.7. The van der Waals surface area contributed by atoms with Crippen molar-refractivity contribution in [1.82, 2.24) is 4.90 Å². The molecule has 1 N–H and O–H groups in total. The van der Waals surface area contributed by atoms with Gasteiger partial charge in [0, 0.05) is 0 Å². The third-order valence-electron chi connectivity index (χ3n) is 4.06. The van der Waals surface area contributed by atoms with Crippen molar-refractivity contribution in [2.45, 2.75) is 31.2 Å². The minimum Gasteiger partial charge on any atom is -0.508 e. The van der Waals surface area contributed by atoms with Crippen LogP contribution in [0.25, 0.3) is 0 Å². The number of nitrogens with zero attached hydrogens (tertiary/aromatic N) is 1. The van der Waals surface area contributed by atoms with Crippen LogP contribution in [0.15, 0.2) is 24.3 Å². The fourth-order valence-electron chi connectivity index (χ4n) is 3.13. The van der Waals surface area contributed by atoms with Gasteiger partial charge in [-0.15, -0.1) is 0 Å². The van der Waals surface area contributed by atoms with Crippen LogP contribution in [0.1, 0.15) is 12.5 Å². The van der Waals surface area contributed by atoms with Gasteiger partial charge < -0.3 is 19.3 Å². The molecule has 3 heterocycles. The molecular weight excluding hydrogens is 234 g/mol. The Morgan fingerprint density at radius 1 is 1.17 bits per heavy atom. The van der Waals surface area contributed by atoms with Crippen LogP contribution >= 0.6 is 0 Å². The molecule has 0 bridgehead atoms. The first kappa shape index (κ1) is 10.8. The largest absolute Gasteiger partial charge is 0.508 e. The highest BCUT2D eigenvalue weighted by molar-refractivity contribution is 5.31. The Morgan fingerprint density at radius 2 is 1.89 bits per heavy atom. The van der Waals surface area contributed by atoms with E-state index in [1.807, 2.05) is 19.1 Å². The molecule has 0 unspecified atom stereocenters. The molecule has 5 nitrogen and oxygen atoms in total. The molecule has 1 aromatic rings. The third-order valence-corrected chi connectivity index (χ3v) is 4.06. The summed E-state index contributed by atoms with van der Waals surface area (Å²) in [5.74, 6) is 0.259. The van der Waals surface area contributed by atoms with Crippen molar-refractivity contribution in [3.63, 3.8) is 0 Å². The Labute approximate surface area is 105 Å². The summed E-state index contributed by atoms with van der Waals surface area (Å²) in [4.78, 5) is 2.16. The standard InChI is InChI=1S/C13H15NO4/c1-13(8-2-4-9(15)5-3-8)12-14-10(6-17-12)16-7-11(14)18-13/h2-5,10-12,15H,6-7H2,1H3/t10-,11-,12-,13+/m0/s1. The number of hydrogen-bond acceptors (Lipinski definition) is 5. The maximum Gasteiger partial charge on any atom is 0.148 e. The van der Waals surface area contributed by atoms with Crippen LogP contribution in [0, 0.1) is 0 Å². The van der Waals surface area contributed by atoms with Gasteiger partial charge in [-0.3, -0.25) is 0 Å². The zero-order valence-corrected chi connectivity index (χ0v) is 10.1. The number of phenolic OH excluding ortho intramolecular Hbond substituents is 1. The van der Waals surface area contributed by atoms with Crippen molar-refractivity contribution in [1.29, 1.82) is 0 Å². The maximum absolute atomic E-state index is 9.37. The van der Waals surface area contributed by atoms with E-state index in [0.29, 0.717) is 13.2 Å². The van der Waals surface area contributed by atoms with Gasteiger partial charge in [0.25, 0.3) is 0 Å². The van der Waals surface area contributed by atoms with E-state index < -0.39 is 5.60 Å². The topological polar surface area (TPSA) is 51.2 Å². The molecule has 3 fully saturated rings. The van der Waals surface area contributed by atoms with Crippen LogP contribution in [0.4, 0.5) is 0 Å². The number of benzene rings is 1. The van der Waals surface area contributed by atoms with E-state index in [1.54, 1.807) is 12.1 Å². The van der Waals surface area contributed by atoms with Crippen molar-refractivity contribution < 1.29 is 19.3 Å². The van der Waals surface area contributed by atoms with Gasteiger partial charge in [-0.1, -0.05) is 12.1 Å². The minimum atomic E-state index is -0.503. The molecular formula is C13H15NO4. The van der Waals surface area contributed by atoms with Crippen LogP contribution in [-0.4, -0.2) is 41.9 Å². The predicted molar refractivity (Wildman–Crippen MR) is 61.7 cm³/mol. The van der Waals surface area contributed by atoms with E-state index in [1.165, 1.54) is 0 Å².